The van der Waals surface area contributed by atoms with Crippen LogP contribution in [-0.4, -0.2) is 28.4 Å². The lowest BCUT2D eigenvalue weighted by Gasteiger charge is -2.10. The van der Waals surface area contributed by atoms with E-state index in [0.29, 0.717) is 12.1 Å². The van der Waals surface area contributed by atoms with E-state index < -0.39 is 6.36 Å². The number of nitrogens with zero attached hydrogens (tertiary/aromatic N) is 3. The molecule has 0 bridgehead atoms. The van der Waals surface area contributed by atoms with Crippen LogP contribution in [0.4, 0.5) is 25.1 Å². The third kappa shape index (κ3) is 5.22. The lowest BCUT2D eigenvalue weighted by Crippen LogP contribution is -2.17. The van der Waals surface area contributed by atoms with E-state index in [0.717, 1.165) is 11.3 Å². The second-order valence-electron chi connectivity index (χ2n) is 5.61. The number of methoxy groups -OCH3 is 1. The van der Waals surface area contributed by atoms with Gasteiger partial charge < -0.3 is 20.5 Å². The minimum atomic E-state index is -4.75. The van der Waals surface area contributed by atoms with Crippen molar-refractivity contribution >= 4 is 11.9 Å². The van der Waals surface area contributed by atoms with Crippen LogP contribution in [0.3, 0.4) is 0 Å². The van der Waals surface area contributed by atoms with Crippen LogP contribution in [0.1, 0.15) is 5.56 Å². The SMILES string of the molecule is COc1ccc(CNc2nc(N)nc(-c3ccc(OC(F)(F)F)cc3)n2)cc1. The maximum absolute atomic E-state index is 12.3. The van der Waals surface area contributed by atoms with Crippen LogP contribution in [0, 0.1) is 0 Å². The monoisotopic (exact) mass is 391 g/mol. The first-order valence-corrected chi connectivity index (χ1v) is 8.07. The summed E-state index contributed by atoms with van der Waals surface area (Å²) in [4.78, 5) is 12.3. The van der Waals surface area contributed by atoms with Crippen LogP contribution in [0.15, 0.2) is 48.5 Å². The van der Waals surface area contributed by atoms with E-state index in [1.165, 1.54) is 24.3 Å². The van der Waals surface area contributed by atoms with E-state index in [1.54, 1.807) is 7.11 Å². The first-order valence-electron chi connectivity index (χ1n) is 8.07. The van der Waals surface area contributed by atoms with Gasteiger partial charge in [0.05, 0.1) is 7.11 Å². The predicted octanol–water partition coefficient (Wildman–Crippen LogP) is 3.64. The van der Waals surface area contributed by atoms with Crippen molar-refractivity contribution in [1.29, 1.82) is 0 Å². The van der Waals surface area contributed by atoms with Crippen LogP contribution in [-0.2, 0) is 6.54 Å². The summed E-state index contributed by atoms with van der Waals surface area (Å²) in [5, 5.41) is 3.04. The normalized spacial score (nSPS) is 11.1. The molecule has 2 aromatic carbocycles. The predicted molar refractivity (Wildman–Crippen MR) is 96.7 cm³/mol. The molecule has 3 N–H and O–H groups in total. The van der Waals surface area contributed by atoms with Crippen molar-refractivity contribution in [2.24, 2.45) is 0 Å². The summed E-state index contributed by atoms with van der Waals surface area (Å²) in [6.45, 7) is 0.436. The molecule has 0 fully saturated rings. The fourth-order valence-corrected chi connectivity index (χ4v) is 2.33. The summed E-state index contributed by atoms with van der Waals surface area (Å²) in [6.07, 6.45) is -4.75. The van der Waals surface area contributed by atoms with Gasteiger partial charge in [-0.2, -0.15) is 15.0 Å². The standard InChI is InChI=1S/C18H16F3N5O2/c1-27-13-6-2-11(3-7-13)10-23-17-25-15(24-16(22)26-17)12-4-8-14(9-5-12)28-18(19,20)21/h2-9H,10H2,1H3,(H3,22,23,24,25,26). The zero-order valence-corrected chi connectivity index (χ0v) is 14.7. The molecule has 10 heteroatoms. The Kier molecular flexibility index (Phi) is 5.48. The van der Waals surface area contributed by atoms with Gasteiger partial charge in [-0.05, 0) is 42.0 Å². The molecular weight excluding hydrogens is 375 g/mol. The molecule has 0 spiro atoms. The molecule has 146 valence electrons. The second kappa shape index (κ2) is 7.99. The molecule has 0 saturated heterocycles. The van der Waals surface area contributed by atoms with E-state index in [4.69, 9.17) is 10.5 Å². The van der Waals surface area contributed by atoms with E-state index in [2.05, 4.69) is 25.0 Å². The molecule has 28 heavy (non-hydrogen) atoms. The van der Waals surface area contributed by atoms with Gasteiger partial charge in [-0.1, -0.05) is 12.1 Å². The molecule has 0 aliphatic heterocycles. The number of alkyl halides is 3. The maximum atomic E-state index is 12.3. The van der Waals surface area contributed by atoms with Gasteiger partial charge in [0.15, 0.2) is 5.82 Å². The number of rotatable bonds is 6. The van der Waals surface area contributed by atoms with Crippen LogP contribution in [0.2, 0.25) is 0 Å². The van der Waals surface area contributed by atoms with E-state index >= 15 is 0 Å². The van der Waals surface area contributed by atoms with Crippen molar-refractivity contribution in [1.82, 2.24) is 15.0 Å². The summed E-state index contributed by atoms with van der Waals surface area (Å²) < 4.78 is 45.7. The van der Waals surface area contributed by atoms with Gasteiger partial charge in [0, 0.05) is 12.1 Å². The topological polar surface area (TPSA) is 95.2 Å². The number of nitrogens with two attached hydrogens (primary N) is 1. The largest absolute Gasteiger partial charge is 0.573 e. The Balaban J connectivity index is 1.73. The Hall–Kier alpha value is -3.56. The first-order chi connectivity index (χ1) is 13.3. The molecule has 0 saturated carbocycles. The van der Waals surface area contributed by atoms with Crippen molar-refractivity contribution in [2.75, 3.05) is 18.2 Å². The molecular formula is C18H16F3N5O2. The van der Waals surface area contributed by atoms with E-state index in [1.807, 2.05) is 24.3 Å². The molecule has 1 aromatic heterocycles. The lowest BCUT2D eigenvalue weighted by atomic mass is 10.2. The van der Waals surface area contributed by atoms with Gasteiger partial charge in [-0.15, -0.1) is 13.2 Å². The number of hydrogen-bond acceptors (Lipinski definition) is 7. The smallest absolute Gasteiger partial charge is 0.497 e. The van der Waals surface area contributed by atoms with Crippen LogP contribution in [0.5, 0.6) is 11.5 Å². The van der Waals surface area contributed by atoms with Crippen molar-refractivity contribution in [2.45, 2.75) is 12.9 Å². The molecule has 7 nitrogen and oxygen atoms in total. The summed E-state index contributed by atoms with van der Waals surface area (Å²) >= 11 is 0. The number of ether oxygens (including phenoxy) is 2. The Labute approximate surface area is 158 Å². The number of nitrogens with one attached hydrogen (secondary N) is 1. The summed E-state index contributed by atoms with van der Waals surface area (Å²) in [5.41, 5.74) is 7.16. The van der Waals surface area contributed by atoms with Gasteiger partial charge in [0.2, 0.25) is 11.9 Å². The fourth-order valence-electron chi connectivity index (χ4n) is 2.33. The molecule has 3 aromatic rings. The first kappa shape index (κ1) is 19.2. The highest BCUT2D eigenvalue weighted by Gasteiger charge is 2.31. The average molecular weight is 391 g/mol. The molecule has 0 aliphatic rings. The van der Waals surface area contributed by atoms with Crippen molar-refractivity contribution in [3.63, 3.8) is 0 Å². The number of halogens is 3. The van der Waals surface area contributed by atoms with Crippen molar-refractivity contribution in [3.8, 4) is 22.9 Å². The van der Waals surface area contributed by atoms with Crippen LogP contribution < -0.4 is 20.5 Å². The van der Waals surface area contributed by atoms with Gasteiger partial charge in [0.1, 0.15) is 11.5 Å². The number of hydrogen-bond donors (Lipinski definition) is 2. The van der Waals surface area contributed by atoms with Gasteiger partial charge in [-0.25, -0.2) is 0 Å². The van der Waals surface area contributed by atoms with Gasteiger partial charge in [0.25, 0.3) is 0 Å². The summed E-state index contributed by atoms with van der Waals surface area (Å²) in [7, 11) is 1.59. The number of benzene rings is 2. The molecule has 0 unspecified atom stereocenters. The molecule has 0 aliphatic carbocycles. The maximum Gasteiger partial charge on any atom is 0.573 e. The number of aromatic nitrogens is 3. The van der Waals surface area contributed by atoms with Crippen LogP contribution in [0.25, 0.3) is 11.4 Å². The van der Waals surface area contributed by atoms with E-state index in [-0.39, 0.29) is 23.5 Å². The Morgan fingerprint density at radius 3 is 2.18 bits per heavy atom. The van der Waals surface area contributed by atoms with Crippen LogP contribution >= 0.6 is 0 Å². The number of nitrogen functional groups attached to an aromatic ring is 1. The molecule has 1 heterocycles. The Bertz CT molecular complexity index is 931. The molecule has 3 rings (SSSR count). The third-order valence-corrected chi connectivity index (χ3v) is 3.61. The lowest BCUT2D eigenvalue weighted by molar-refractivity contribution is -0.274. The van der Waals surface area contributed by atoms with Crippen molar-refractivity contribution in [3.05, 3.63) is 54.1 Å². The number of anilines is 2. The second-order valence-corrected chi connectivity index (χ2v) is 5.61. The van der Waals surface area contributed by atoms with Crippen molar-refractivity contribution < 1.29 is 22.6 Å². The molecule has 0 atom stereocenters. The highest BCUT2D eigenvalue weighted by Crippen LogP contribution is 2.25. The molecule has 0 radical (unpaired) electrons. The summed E-state index contributed by atoms with van der Waals surface area (Å²) in [6, 6.07) is 12.6. The minimum absolute atomic E-state index is 0.0159. The summed E-state index contributed by atoms with van der Waals surface area (Å²) in [5.74, 6) is 0.861. The highest BCUT2D eigenvalue weighted by atomic mass is 19.4. The van der Waals surface area contributed by atoms with E-state index in [9.17, 15) is 13.2 Å². The zero-order chi connectivity index (χ0) is 20.1. The minimum Gasteiger partial charge on any atom is -0.497 e. The zero-order valence-electron chi connectivity index (χ0n) is 14.7. The fraction of sp³-hybridized carbons (Fsp3) is 0.167. The average Bonchev–Trinajstić information content (AvgIpc) is 2.66. The third-order valence-electron chi connectivity index (χ3n) is 3.61. The molecule has 0 amide bonds. The van der Waals surface area contributed by atoms with Gasteiger partial charge >= 0.3 is 6.36 Å². The Morgan fingerprint density at radius 1 is 0.929 bits per heavy atom. The highest BCUT2D eigenvalue weighted by molar-refractivity contribution is 5.58. The quantitative estimate of drug-likeness (QED) is 0.662. The Morgan fingerprint density at radius 2 is 1.57 bits per heavy atom. The van der Waals surface area contributed by atoms with Gasteiger partial charge in [-0.3, -0.25) is 0 Å².